The maximum Gasteiger partial charge on any atom is 0.132 e. The van der Waals surface area contributed by atoms with E-state index in [1.165, 1.54) is 12.8 Å². The first kappa shape index (κ1) is 14.5. The smallest absolute Gasteiger partial charge is 0.132 e. The van der Waals surface area contributed by atoms with Crippen LogP contribution in [0.5, 0.6) is 0 Å². The third-order valence-electron chi connectivity index (χ3n) is 4.00. The van der Waals surface area contributed by atoms with Gasteiger partial charge in [0.2, 0.25) is 0 Å². The summed E-state index contributed by atoms with van der Waals surface area (Å²) < 4.78 is 2.19. The Bertz CT molecular complexity index is 691. The molecule has 1 heterocycles. The SMILES string of the molecule is Cc1ccc(-c2nc(C3CC3)n(C(C)(C)C)c2N)cc1Cl. The summed E-state index contributed by atoms with van der Waals surface area (Å²) in [6.07, 6.45) is 2.42. The molecule has 1 saturated carbocycles. The second-order valence-corrected chi connectivity index (χ2v) is 7.36. The fourth-order valence-corrected chi connectivity index (χ4v) is 2.90. The molecule has 0 bridgehead atoms. The Balaban J connectivity index is 2.17. The van der Waals surface area contributed by atoms with Crippen molar-refractivity contribution >= 4 is 17.4 Å². The first-order chi connectivity index (χ1) is 9.79. The summed E-state index contributed by atoms with van der Waals surface area (Å²) in [6.45, 7) is 8.51. The van der Waals surface area contributed by atoms with Crippen LogP contribution in [0.1, 0.15) is 50.9 Å². The molecule has 3 nitrogen and oxygen atoms in total. The summed E-state index contributed by atoms with van der Waals surface area (Å²) in [7, 11) is 0. The van der Waals surface area contributed by atoms with Crippen molar-refractivity contribution in [1.29, 1.82) is 0 Å². The van der Waals surface area contributed by atoms with E-state index in [1.54, 1.807) is 0 Å². The van der Waals surface area contributed by atoms with Crippen LogP contribution in [0.25, 0.3) is 11.3 Å². The van der Waals surface area contributed by atoms with Crippen LogP contribution in [-0.4, -0.2) is 9.55 Å². The highest BCUT2D eigenvalue weighted by atomic mass is 35.5. The predicted octanol–water partition coefficient (Wildman–Crippen LogP) is 4.73. The van der Waals surface area contributed by atoms with Crippen molar-refractivity contribution in [3.05, 3.63) is 34.6 Å². The maximum absolute atomic E-state index is 6.43. The van der Waals surface area contributed by atoms with E-state index in [-0.39, 0.29) is 5.54 Å². The van der Waals surface area contributed by atoms with E-state index in [0.29, 0.717) is 5.92 Å². The van der Waals surface area contributed by atoms with E-state index < -0.39 is 0 Å². The molecule has 0 amide bonds. The minimum atomic E-state index is -0.0677. The first-order valence-electron chi connectivity index (χ1n) is 7.44. The number of benzene rings is 1. The molecule has 112 valence electrons. The van der Waals surface area contributed by atoms with Crippen LogP contribution in [0.2, 0.25) is 5.02 Å². The largest absolute Gasteiger partial charge is 0.383 e. The molecule has 0 atom stereocenters. The molecule has 0 saturated heterocycles. The Morgan fingerprint density at radius 2 is 1.95 bits per heavy atom. The van der Waals surface area contributed by atoms with Gasteiger partial charge in [-0.25, -0.2) is 4.98 Å². The maximum atomic E-state index is 6.43. The Labute approximate surface area is 131 Å². The summed E-state index contributed by atoms with van der Waals surface area (Å²) in [5, 5.41) is 0.755. The minimum Gasteiger partial charge on any atom is -0.383 e. The molecule has 1 aromatic carbocycles. The lowest BCUT2D eigenvalue weighted by Gasteiger charge is -2.25. The number of hydrogen-bond acceptors (Lipinski definition) is 2. The number of aromatic nitrogens is 2. The van der Waals surface area contributed by atoms with Gasteiger partial charge in [-0.3, -0.25) is 0 Å². The molecule has 0 unspecified atom stereocenters. The monoisotopic (exact) mass is 303 g/mol. The van der Waals surface area contributed by atoms with E-state index in [0.717, 1.165) is 33.5 Å². The lowest BCUT2D eigenvalue weighted by molar-refractivity contribution is 0.388. The van der Waals surface area contributed by atoms with Gasteiger partial charge in [-0.15, -0.1) is 0 Å². The van der Waals surface area contributed by atoms with Crippen LogP contribution in [0, 0.1) is 6.92 Å². The Hall–Kier alpha value is -1.48. The second kappa shape index (κ2) is 4.77. The van der Waals surface area contributed by atoms with Gasteiger partial charge in [-0.05, 0) is 52.2 Å². The van der Waals surface area contributed by atoms with Gasteiger partial charge in [-0.1, -0.05) is 23.7 Å². The van der Waals surface area contributed by atoms with E-state index in [2.05, 4.69) is 25.3 Å². The number of hydrogen-bond donors (Lipinski definition) is 1. The number of imidazole rings is 1. The summed E-state index contributed by atoms with van der Waals surface area (Å²) in [6, 6.07) is 6.02. The van der Waals surface area contributed by atoms with Crippen LogP contribution in [0.15, 0.2) is 18.2 Å². The van der Waals surface area contributed by atoms with Crippen LogP contribution < -0.4 is 5.73 Å². The summed E-state index contributed by atoms with van der Waals surface area (Å²) >= 11 is 6.25. The number of halogens is 1. The van der Waals surface area contributed by atoms with Crippen molar-refractivity contribution in [3.63, 3.8) is 0 Å². The fraction of sp³-hybridized carbons (Fsp3) is 0.471. The number of nitrogen functional groups attached to an aromatic ring is 1. The lowest BCUT2D eigenvalue weighted by Crippen LogP contribution is -2.25. The van der Waals surface area contributed by atoms with Crippen molar-refractivity contribution in [2.45, 2.75) is 52.0 Å². The molecule has 0 spiro atoms. The molecule has 1 aliphatic rings. The molecule has 2 N–H and O–H groups in total. The summed E-state index contributed by atoms with van der Waals surface area (Å²) in [4.78, 5) is 4.86. The van der Waals surface area contributed by atoms with Gasteiger partial charge in [0, 0.05) is 22.0 Å². The van der Waals surface area contributed by atoms with Gasteiger partial charge < -0.3 is 10.3 Å². The van der Waals surface area contributed by atoms with E-state index in [1.807, 2.05) is 25.1 Å². The Morgan fingerprint density at radius 3 is 2.48 bits per heavy atom. The number of nitrogens with two attached hydrogens (primary N) is 1. The molecule has 21 heavy (non-hydrogen) atoms. The van der Waals surface area contributed by atoms with Crippen molar-refractivity contribution in [2.75, 3.05) is 5.73 Å². The van der Waals surface area contributed by atoms with E-state index in [4.69, 9.17) is 22.3 Å². The number of nitrogens with zero attached hydrogens (tertiary/aromatic N) is 2. The molecule has 1 fully saturated rings. The molecule has 3 rings (SSSR count). The first-order valence-corrected chi connectivity index (χ1v) is 7.82. The summed E-state index contributed by atoms with van der Waals surface area (Å²) in [5.74, 6) is 2.41. The highest BCUT2D eigenvalue weighted by Crippen LogP contribution is 2.44. The normalized spacial score (nSPS) is 15.5. The van der Waals surface area contributed by atoms with Crippen LogP contribution in [-0.2, 0) is 5.54 Å². The van der Waals surface area contributed by atoms with Crippen LogP contribution in [0.3, 0.4) is 0 Å². The van der Waals surface area contributed by atoms with Gasteiger partial charge in [0.1, 0.15) is 17.3 Å². The van der Waals surface area contributed by atoms with Gasteiger partial charge >= 0.3 is 0 Å². The Morgan fingerprint density at radius 1 is 1.29 bits per heavy atom. The molecule has 4 heteroatoms. The van der Waals surface area contributed by atoms with Gasteiger partial charge in [0.25, 0.3) is 0 Å². The van der Waals surface area contributed by atoms with E-state index in [9.17, 15) is 0 Å². The molecule has 1 aliphatic carbocycles. The highest BCUT2D eigenvalue weighted by molar-refractivity contribution is 6.31. The summed E-state index contributed by atoms with van der Waals surface area (Å²) in [5.41, 5.74) is 9.28. The number of rotatable bonds is 2. The topological polar surface area (TPSA) is 43.8 Å². The van der Waals surface area contributed by atoms with E-state index >= 15 is 0 Å². The van der Waals surface area contributed by atoms with Crippen molar-refractivity contribution in [3.8, 4) is 11.3 Å². The van der Waals surface area contributed by atoms with Gasteiger partial charge in [-0.2, -0.15) is 0 Å². The molecular formula is C17H22ClN3. The quantitative estimate of drug-likeness (QED) is 0.872. The second-order valence-electron chi connectivity index (χ2n) is 6.95. The molecular weight excluding hydrogens is 282 g/mol. The molecule has 0 aliphatic heterocycles. The highest BCUT2D eigenvalue weighted by Gasteiger charge is 2.34. The van der Waals surface area contributed by atoms with Gasteiger partial charge in [0.15, 0.2) is 0 Å². The molecule has 0 radical (unpaired) electrons. The van der Waals surface area contributed by atoms with Crippen molar-refractivity contribution in [2.24, 2.45) is 0 Å². The molecule has 1 aromatic heterocycles. The third-order valence-corrected chi connectivity index (χ3v) is 4.40. The molecule has 2 aromatic rings. The third kappa shape index (κ3) is 2.55. The number of anilines is 1. The average Bonchev–Trinajstić information content (AvgIpc) is 3.15. The Kier molecular flexibility index (Phi) is 3.28. The standard InChI is InChI=1S/C17H22ClN3/c1-10-5-6-12(9-13(10)18)14-15(19)21(17(2,3)4)16(20-14)11-7-8-11/h5-6,9,11H,7-8,19H2,1-4H3. The zero-order valence-electron chi connectivity index (χ0n) is 13.1. The van der Waals surface area contributed by atoms with Gasteiger partial charge in [0.05, 0.1) is 0 Å². The zero-order chi connectivity index (χ0) is 15.4. The number of aryl methyl sites for hydroxylation is 1. The average molecular weight is 304 g/mol. The van der Waals surface area contributed by atoms with Crippen LogP contribution >= 0.6 is 11.6 Å². The fourth-order valence-electron chi connectivity index (χ4n) is 2.72. The predicted molar refractivity (Wildman–Crippen MR) is 88.8 cm³/mol. The lowest BCUT2D eigenvalue weighted by atomic mass is 10.1. The minimum absolute atomic E-state index is 0.0677. The van der Waals surface area contributed by atoms with Crippen molar-refractivity contribution < 1.29 is 0 Å². The zero-order valence-corrected chi connectivity index (χ0v) is 13.8. The van der Waals surface area contributed by atoms with Crippen LogP contribution in [0.4, 0.5) is 5.82 Å². The van der Waals surface area contributed by atoms with Crippen molar-refractivity contribution in [1.82, 2.24) is 9.55 Å².